The van der Waals surface area contributed by atoms with Gasteiger partial charge in [0.1, 0.15) is 0 Å². The number of hydrogen-bond acceptors (Lipinski definition) is 2. The fraction of sp³-hybridized carbons (Fsp3) is 1.00. The van der Waals surface area contributed by atoms with Crippen LogP contribution in [0.5, 0.6) is 0 Å². The van der Waals surface area contributed by atoms with Gasteiger partial charge in [0, 0.05) is 19.1 Å². The Bertz CT molecular complexity index is 233. The lowest BCUT2D eigenvalue weighted by Gasteiger charge is -2.34. The molecule has 2 rings (SSSR count). The van der Waals surface area contributed by atoms with Crippen molar-refractivity contribution in [3.63, 3.8) is 0 Å². The van der Waals surface area contributed by atoms with E-state index in [1.165, 1.54) is 58.0 Å². The van der Waals surface area contributed by atoms with Crippen molar-refractivity contribution in [1.82, 2.24) is 4.90 Å². The molecule has 2 heteroatoms. The fourth-order valence-corrected chi connectivity index (χ4v) is 4.08. The first kappa shape index (κ1) is 14.3. The van der Waals surface area contributed by atoms with Gasteiger partial charge in [-0.05, 0) is 50.0 Å². The summed E-state index contributed by atoms with van der Waals surface area (Å²) < 4.78 is 0. The van der Waals surface area contributed by atoms with Gasteiger partial charge in [0.15, 0.2) is 0 Å². The predicted molar refractivity (Wildman–Crippen MR) is 78.6 cm³/mol. The first-order chi connectivity index (χ1) is 8.70. The van der Waals surface area contributed by atoms with Crippen LogP contribution < -0.4 is 5.73 Å². The van der Waals surface area contributed by atoms with E-state index in [4.69, 9.17) is 5.73 Å². The average molecular weight is 252 g/mol. The maximum Gasteiger partial charge on any atom is 0.00954 e. The Morgan fingerprint density at radius 3 is 2.28 bits per heavy atom. The summed E-state index contributed by atoms with van der Waals surface area (Å²) >= 11 is 0. The molecule has 0 radical (unpaired) electrons. The van der Waals surface area contributed by atoms with Crippen LogP contribution in [0.3, 0.4) is 0 Å². The quantitative estimate of drug-likeness (QED) is 0.786. The standard InChI is InChI=1S/C16H32N2/c1-13(2)11-18(16-8-3-4-9-16)12-15-7-5-6-14(15)10-17/h13-16H,3-12,17H2,1-2H3. The third kappa shape index (κ3) is 3.71. The van der Waals surface area contributed by atoms with Gasteiger partial charge in [-0.15, -0.1) is 0 Å². The van der Waals surface area contributed by atoms with Crippen LogP contribution in [0.1, 0.15) is 58.8 Å². The minimum Gasteiger partial charge on any atom is -0.330 e. The molecule has 2 atom stereocenters. The summed E-state index contributed by atoms with van der Waals surface area (Å²) in [5.41, 5.74) is 5.94. The van der Waals surface area contributed by atoms with Gasteiger partial charge in [-0.25, -0.2) is 0 Å². The van der Waals surface area contributed by atoms with E-state index in [-0.39, 0.29) is 0 Å². The van der Waals surface area contributed by atoms with E-state index >= 15 is 0 Å². The molecule has 2 aliphatic carbocycles. The minimum atomic E-state index is 0.795. The molecule has 0 spiro atoms. The summed E-state index contributed by atoms with van der Waals surface area (Å²) in [4.78, 5) is 2.82. The Hall–Kier alpha value is -0.0800. The van der Waals surface area contributed by atoms with Crippen LogP contribution in [0.25, 0.3) is 0 Å². The molecular weight excluding hydrogens is 220 g/mol. The van der Waals surface area contributed by atoms with E-state index in [2.05, 4.69) is 18.7 Å². The largest absolute Gasteiger partial charge is 0.330 e. The van der Waals surface area contributed by atoms with E-state index in [0.29, 0.717) is 0 Å². The SMILES string of the molecule is CC(C)CN(CC1CCCC1CN)C1CCCC1. The highest BCUT2D eigenvalue weighted by atomic mass is 15.2. The van der Waals surface area contributed by atoms with Crippen molar-refractivity contribution in [3.05, 3.63) is 0 Å². The normalized spacial score (nSPS) is 29.8. The topological polar surface area (TPSA) is 29.3 Å². The van der Waals surface area contributed by atoms with Crippen molar-refractivity contribution in [1.29, 1.82) is 0 Å². The monoisotopic (exact) mass is 252 g/mol. The molecule has 2 saturated carbocycles. The lowest BCUT2D eigenvalue weighted by molar-refractivity contribution is 0.137. The smallest absolute Gasteiger partial charge is 0.00954 e. The van der Waals surface area contributed by atoms with E-state index in [1.807, 2.05) is 0 Å². The summed E-state index contributed by atoms with van der Waals surface area (Å²) in [5.74, 6) is 2.48. The highest BCUT2D eigenvalue weighted by Gasteiger charge is 2.31. The molecular formula is C16H32N2. The Morgan fingerprint density at radius 2 is 1.67 bits per heavy atom. The molecule has 0 amide bonds. The van der Waals surface area contributed by atoms with Gasteiger partial charge in [-0.3, -0.25) is 4.90 Å². The van der Waals surface area contributed by atoms with Crippen LogP contribution in [-0.4, -0.2) is 30.6 Å². The predicted octanol–water partition coefficient (Wildman–Crippen LogP) is 3.26. The molecule has 106 valence electrons. The molecule has 0 aromatic heterocycles. The Balaban J connectivity index is 1.91. The summed E-state index contributed by atoms with van der Waals surface area (Å²) in [6.07, 6.45) is 9.98. The third-order valence-electron chi connectivity index (χ3n) is 5.03. The van der Waals surface area contributed by atoms with Gasteiger partial charge in [0.05, 0.1) is 0 Å². The number of nitrogens with zero attached hydrogens (tertiary/aromatic N) is 1. The van der Waals surface area contributed by atoms with Crippen molar-refractivity contribution in [3.8, 4) is 0 Å². The molecule has 0 bridgehead atoms. The maximum absolute atomic E-state index is 5.94. The number of nitrogens with two attached hydrogens (primary N) is 1. The van der Waals surface area contributed by atoms with E-state index < -0.39 is 0 Å². The molecule has 0 heterocycles. The van der Waals surface area contributed by atoms with E-state index in [0.717, 1.165) is 30.3 Å². The van der Waals surface area contributed by atoms with E-state index in [9.17, 15) is 0 Å². The van der Waals surface area contributed by atoms with Crippen LogP contribution in [0.4, 0.5) is 0 Å². The Labute approximate surface area is 113 Å². The summed E-state index contributed by atoms with van der Waals surface area (Å²) in [6.45, 7) is 8.24. The average Bonchev–Trinajstić information content (AvgIpc) is 2.98. The molecule has 2 fully saturated rings. The first-order valence-corrected chi connectivity index (χ1v) is 8.14. The summed E-state index contributed by atoms with van der Waals surface area (Å²) in [6, 6.07) is 0.881. The van der Waals surface area contributed by atoms with Gasteiger partial charge in [0.2, 0.25) is 0 Å². The fourth-order valence-electron chi connectivity index (χ4n) is 4.08. The first-order valence-electron chi connectivity index (χ1n) is 8.14. The molecule has 2 N–H and O–H groups in total. The van der Waals surface area contributed by atoms with Crippen molar-refractivity contribution < 1.29 is 0 Å². The molecule has 0 aromatic rings. The van der Waals surface area contributed by atoms with Crippen LogP contribution in [0.2, 0.25) is 0 Å². The van der Waals surface area contributed by atoms with Crippen molar-refractivity contribution >= 4 is 0 Å². The van der Waals surface area contributed by atoms with Crippen LogP contribution in [-0.2, 0) is 0 Å². The van der Waals surface area contributed by atoms with Gasteiger partial charge < -0.3 is 5.73 Å². The van der Waals surface area contributed by atoms with Crippen molar-refractivity contribution in [2.75, 3.05) is 19.6 Å². The van der Waals surface area contributed by atoms with Crippen molar-refractivity contribution in [2.24, 2.45) is 23.5 Å². The molecule has 18 heavy (non-hydrogen) atoms. The number of rotatable bonds is 6. The highest BCUT2D eigenvalue weighted by Crippen LogP contribution is 2.33. The highest BCUT2D eigenvalue weighted by molar-refractivity contribution is 4.85. The second-order valence-corrected chi connectivity index (χ2v) is 6.97. The Kier molecular flexibility index (Phi) is 5.50. The van der Waals surface area contributed by atoms with Gasteiger partial charge in [-0.1, -0.05) is 33.1 Å². The van der Waals surface area contributed by atoms with E-state index in [1.54, 1.807) is 0 Å². The molecule has 2 nitrogen and oxygen atoms in total. The van der Waals surface area contributed by atoms with Gasteiger partial charge >= 0.3 is 0 Å². The lowest BCUT2D eigenvalue weighted by atomic mass is 9.94. The number of hydrogen-bond donors (Lipinski definition) is 1. The summed E-state index contributed by atoms with van der Waals surface area (Å²) in [7, 11) is 0. The zero-order chi connectivity index (χ0) is 13.0. The Morgan fingerprint density at radius 1 is 1.00 bits per heavy atom. The second-order valence-electron chi connectivity index (χ2n) is 6.97. The van der Waals surface area contributed by atoms with Crippen molar-refractivity contribution in [2.45, 2.75) is 64.8 Å². The van der Waals surface area contributed by atoms with Crippen LogP contribution in [0.15, 0.2) is 0 Å². The maximum atomic E-state index is 5.94. The molecule has 2 unspecified atom stereocenters. The van der Waals surface area contributed by atoms with Crippen LogP contribution >= 0.6 is 0 Å². The minimum absolute atomic E-state index is 0.795. The van der Waals surface area contributed by atoms with Gasteiger partial charge in [0.25, 0.3) is 0 Å². The molecule has 0 saturated heterocycles. The molecule has 0 aliphatic heterocycles. The van der Waals surface area contributed by atoms with Gasteiger partial charge in [-0.2, -0.15) is 0 Å². The second kappa shape index (κ2) is 6.91. The zero-order valence-electron chi connectivity index (χ0n) is 12.4. The molecule has 0 aromatic carbocycles. The summed E-state index contributed by atoms with van der Waals surface area (Å²) in [5, 5.41) is 0. The molecule has 2 aliphatic rings. The van der Waals surface area contributed by atoms with Crippen LogP contribution in [0, 0.1) is 17.8 Å². The third-order valence-corrected chi connectivity index (χ3v) is 5.03. The lowest BCUT2D eigenvalue weighted by Crippen LogP contribution is -2.41. The zero-order valence-corrected chi connectivity index (χ0v) is 12.4.